The first-order valence-corrected chi connectivity index (χ1v) is 5.03. The van der Waals surface area contributed by atoms with Crippen LogP contribution in [0.25, 0.3) is 0 Å². The Morgan fingerprint density at radius 1 is 1.56 bits per heavy atom. The summed E-state index contributed by atoms with van der Waals surface area (Å²) in [6, 6.07) is 3.65. The highest BCUT2D eigenvalue weighted by atomic mass is 16.7. The van der Waals surface area contributed by atoms with Crippen LogP contribution in [-0.4, -0.2) is 30.8 Å². The molecule has 0 amide bonds. The molecule has 0 radical (unpaired) electrons. The van der Waals surface area contributed by atoms with E-state index in [0.717, 1.165) is 5.56 Å². The topological polar surface area (TPSA) is 57.7 Å². The molecule has 5 heteroatoms. The Bertz CT molecular complexity index is 354. The van der Waals surface area contributed by atoms with Crippen molar-refractivity contribution < 1.29 is 19.0 Å². The Morgan fingerprint density at radius 3 is 3.00 bits per heavy atom. The number of hydrogen-bond donors (Lipinski definition) is 0. The molecule has 5 nitrogen and oxygen atoms in total. The lowest BCUT2D eigenvalue weighted by molar-refractivity contribution is -0.143. The summed E-state index contributed by atoms with van der Waals surface area (Å²) >= 11 is 0. The molecule has 2 unspecified atom stereocenters. The molecule has 1 fully saturated rings. The lowest BCUT2D eigenvalue weighted by Gasteiger charge is -2.10. The number of carbonyl (C=O) groups excluding carboxylic acids is 1. The minimum absolute atomic E-state index is 0.220. The average Bonchev–Trinajstić information content (AvgIpc) is 2.78. The van der Waals surface area contributed by atoms with Gasteiger partial charge in [-0.15, -0.1) is 0 Å². The summed E-state index contributed by atoms with van der Waals surface area (Å²) in [7, 11) is 1.36. The monoisotopic (exact) mass is 223 g/mol. The molecular weight excluding hydrogens is 210 g/mol. The minimum atomic E-state index is -0.405. The van der Waals surface area contributed by atoms with Gasteiger partial charge in [0.15, 0.2) is 6.29 Å². The van der Waals surface area contributed by atoms with Gasteiger partial charge in [0, 0.05) is 18.0 Å². The third kappa shape index (κ3) is 2.56. The van der Waals surface area contributed by atoms with E-state index in [1.54, 1.807) is 12.4 Å². The zero-order valence-corrected chi connectivity index (χ0v) is 8.96. The van der Waals surface area contributed by atoms with Crippen molar-refractivity contribution in [1.29, 1.82) is 0 Å². The zero-order chi connectivity index (χ0) is 11.4. The first-order chi connectivity index (χ1) is 7.79. The summed E-state index contributed by atoms with van der Waals surface area (Å²) in [5.74, 6) is -0.288. The van der Waals surface area contributed by atoms with Crippen molar-refractivity contribution in [3.63, 3.8) is 0 Å². The largest absolute Gasteiger partial charge is 0.469 e. The molecule has 2 atom stereocenters. The molecule has 0 N–H and O–H groups in total. The van der Waals surface area contributed by atoms with Crippen LogP contribution >= 0.6 is 0 Å². The van der Waals surface area contributed by atoms with Crippen LogP contribution in [0, 0.1) is 0 Å². The summed E-state index contributed by atoms with van der Waals surface area (Å²) in [6.07, 6.45) is 2.94. The quantitative estimate of drug-likeness (QED) is 0.717. The molecule has 1 saturated heterocycles. The fourth-order valence-electron chi connectivity index (χ4n) is 1.52. The van der Waals surface area contributed by atoms with Crippen LogP contribution in [-0.2, 0) is 19.0 Å². The van der Waals surface area contributed by atoms with Crippen LogP contribution in [0.15, 0.2) is 24.5 Å². The van der Waals surface area contributed by atoms with Gasteiger partial charge in [0.25, 0.3) is 0 Å². The number of aromatic nitrogens is 1. The van der Waals surface area contributed by atoms with Crippen LogP contribution < -0.4 is 0 Å². The Hall–Kier alpha value is -1.46. The second-order valence-corrected chi connectivity index (χ2v) is 3.48. The summed E-state index contributed by atoms with van der Waals surface area (Å²) in [6.45, 7) is 0.405. The first-order valence-electron chi connectivity index (χ1n) is 5.03. The van der Waals surface area contributed by atoms with Gasteiger partial charge in [0.2, 0.25) is 0 Å². The van der Waals surface area contributed by atoms with Crippen molar-refractivity contribution in [3.05, 3.63) is 30.1 Å². The normalized spacial score (nSPS) is 24.3. The molecule has 0 aromatic carbocycles. The van der Waals surface area contributed by atoms with E-state index >= 15 is 0 Å². The number of ether oxygens (including phenoxy) is 3. The summed E-state index contributed by atoms with van der Waals surface area (Å²) in [4.78, 5) is 15.0. The van der Waals surface area contributed by atoms with Crippen LogP contribution in [0.4, 0.5) is 0 Å². The van der Waals surface area contributed by atoms with Crippen LogP contribution in [0.3, 0.4) is 0 Å². The summed E-state index contributed by atoms with van der Waals surface area (Å²) in [5, 5.41) is 0. The fourth-order valence-corrected chi connectivity index (χ4v) is 1.52. The number of carbonyl (C=O) groups is 1. The predicted octanol–water partition coefficient (Wildman–Crippen LogP) is 1.06. The van der Waals surface area contributed by atoms with Crippen molar-refractivity contribution in [3.8, 4) is 0 Å². The van der Waals surface area contributed by atoms with Gasteiger partial charge in [-0.25, -0.2) is 0 Å². The molecule has 16 heavy (non-hydrogen) atoms. The molecule has 0 aliphatic carbocycles. The second kappa shape index (κ2) is 5.05. The standard InChI is InChI=1S/C11H13NO4/c1-14-10(13)6-9-7-15-11(16-9)8-2-4-12-5-3-8/h2-5,9,11H,6-7H2,1H3. The maximum Gasteiger partial charge on any atom is 0.308 e. The maximum absolute atomic E-state index is 11.0. The van der Waals surface area contributed by atoms with E-state index in [-0.39, 0.29) is 18.5 Å². The third-order valence-electron chi connectivity index (χ3n) is 2.35. The lowest BCUT2D eigenvalue weighted by atomic mass is 10.2. The van der Waals surface area contributed by atoms with E-state index in [9.17, 15) is 4.79 Å². The Labute approximate surface area is 93.3 Å². The van der Waals surface area contributed by atoms with Gasteiger partial charge < -0.3 is 14.2 Å². The van der Waals surface area contributed by atoms with Gasteiger partial charge in [-0.3, -0.25) is 9.78 Å². The number of rotatable bonds is 3. The summed E-state index contributed by atoms with van der Waals surface area (Å²) < 4.78 is 15.6. The SMILES string of the molecule is COC(=O)CC1COC(c2ccncc2)O1. The van der Waals surface area contributed by atoms with Crippen molar-refractivity contribution in [2.45, 2.75) is 18.8 Å². The fraction of sp³-hybridized carbons (Fsp3) is 0.455. The highest BCUT2D eigenvalue weighted by molar-refractivity contribution is 5.69. The van der Waals surface area contributed by atoms with Crippen LogP contribution in [0.2, 0.25) is 0 Å². The number of nitrogens with zero attached hydrogens (tertiary/aromatic N) is 1. The molecule has 0 saturated carbocycles. The van der Waals surface area contributed by atoms with E-state index in [4.69, 9.17) is 9.47 Å². The molecule has 2 heterocycles. The third-order valence-corrected chi connectivity index (χ3v) is 2.35. The Balaban J connectivity index is 1.91. The maximum atomic E-state index is 11.0. The zero-order valence-electron chi connectivity index (χ0n) is 8.96. The molecule has 0 bridgehead atoms. The first kappa shape index (κ1) is 11.0. The van der Waals surface area contributed by atoms with Crippen molar-refractivity contribution in [2.24, 2.45) is 0 Å². The van der Waals surface area contributed by atoms with E-state index < -0.39 is 6.29 Å². The molecule has 1 aliphatic rings. The van der Waals surface area contributed by atoms with Crippen LogP contribution in [0.5, 0.6) is 0 Å². The van der Waals surface area contributed by atoms with Gasteiger partial charge >= 0.3 is 5.97 Å². The Morgan fingerprint density at radius 2 is 2.31 bits per heavy atom. The van der Waals surface area contributed by atoms with Gasteiger partial charge in [-0.2, -0.15) is 0 Å². The number of methoxy groups -OCH3 is 1. The van der Waals surface area contributed by atoms with E-state index in [2.05, 4.69) is 9.72 Å². The van der Waals surface area contributed by atoms with E-state index in [1.807, 2.05) is 12.1 Å². The smallest absolute Gasteiger partial charge is 0.308 e. The van der Waals surface area contributed by atoms with Gasteiger partial charge in [-0.1, -0.05) is 0 Å². The molecule has 1 aromatic heterocycles. The highest BCUT2D eigenvalue weighted by Gasteiger charge is 2.29. The minimum Gasteiger partial charge on any atom is -0.469 e. The molecule has 86 valence electrons. The average molecular weight is 223 g/mol. The highest BCUT2D eigenvalue weighted by Crippen LogP contribution is 2.27. The van der Waals surface area contributed by atoms with E-state index in [0.29, 0.717) is 6.61 Å². The van der Waals surface area contributed by atoms with E-state index in [1.165, 1.54) is 7.11 Å². The van der Waals surface area contributed by atoms with Crippen molar-refractivity contribution in [2.75, 3.05) is 13.7 Å². The lowest BCUT2D eigenvalue weighted by Crippen LogP contribution is -2.16. The predicted molar refractivity (Wildman–Crippen MR) is 54.4 cm³/mol. The summed E-state index contributed by atoms with van der Waals surface area (Å²) in [5.41, 5.74) is 0.905. The number of esters is 1. The number of hydrogen-bond acceptors (Lipinski definition) is 5. The Kier molecular flexibility index (Phi) is 3.48. The van der Waals surface area contributed by atoms with Gasteiger partial charge in [-0.05, 0) is 12.1 Å². The second-order valence-electron chi connectivity index (χ2n) is 3.48. The van der Waals surface area contributed by atoms with Gasteiger partial charge in [0.1, 0.15) is 0 Å². The molecular formula is C11H13NO4. The molecule has 1 aromatic rings. The number of pyridine rings is 1. The van der Waals surface area contributed by atoms with Crippen molar-refractivity contribution in [1.82, 2.24) is 4.98 Å². The molecule has 0 spiro atoms. The van der Waals surface area contributed by atoms with Crippen LogP contribution in [0.1, 0.15) is 18.3 Å². The van der Waals surface area contributed by atoms with Crippen molar-refractivity contribution >= 4 is 5.97 Å². The van der Waals surface area contributed by atoms with Gasteiger partial charge in [0.05, 0.1) is 26.2 Å². The molecule has 2 rings (SSSR count). The molecule has 1 aliphatic heterocycles.